The average molecular weight is 266 g/mol. The second-order valence-electron chi connectivity index (χ2n) is 4.47. The molecule has 0 bridgehead atoms. The molecule has 1 aromatic carbocycles. The molecule has 0 spiro atoms. The van der Waals surface area contributed by atoms with Gasteiger partial charge in [0.2, 0.25) is 5.91 Å². The van der Waals surface area contributed by atoms with Crippen molar-refractivity contribution >= 4 is 5.91 Å². The van der Waals surface area contributed by atoms with Gasteiger partial charge in [0.25, 0.3) is 0 Å². The molecular weight excluding hydrogens is 244 g/mol. The third-order valence-electron chi connectivity index (χ3n) is 2.99. The maximum atomic E-state index is 12.1. The number of hydrogen-bond donors (Lipinski definition) is 3. The molecule has 0 aliphatic heterocycles. The molecule has 0 aliphatic carbocycles. The summed E-state index contributed by atoms with van der Waals surface area (Å²) in [5.74, 6) is 0.0887. The van der Waals surface area contributed by atoms with E-state index in [0.717, 1.165) is 5.56 Å². The maximum absolute atomic E-state index is 12.1. The highest BCUT2D eigenvalue weighted by atomic mass is 16.3. The lowest BCUT2D eigenvalue weighted by atomic mass is 10.1. The molecule has 0 radical (unpaired) electrons. The number of benzene rings is 1. The van der Waals surface area contributed by atoms with Crippen LogP contribution in [0.1, 0.15) is 18.9 Å². The van der Waals surface area contributed by atoms with Gasteiger partial charge in [-0.05, 0) is 37.5 Å². The average Bonchev–Trinajstić information content (AvgIpc) is 2.42. The highest BCUT2D eigenvalue weighted by Gasteiger charge is 2.19. The number of phenols is 1. The Bertz CT molecular complexity index is 392. The number of aliphatic hydroxyl groups is 1. The second kappa shape index (κ2) is 7.76. The third-order valence-corrected chi connectivity index (χ3v) is 2.99. The van der Waals surface area contributed by atoms with E-state index in [-0.39, 0.29) is 18.3 Å². The van der Waals surface area contributed by atoms with Crippen molar-refractivity contribution in [2.24, 2.45) is 5.73 Å². The number of phenolic OH excluding ortho intramolecular Hbond substituents is 1. The van der Waals surface area contributed by atoms with Crippen LogP contribution in [0.15, 0.2) is 24.3 Å². The van der Waals surface area contributed by atoms with E-state index in [1.165, 1.54) is 0 Å². The van der Waals surface area contributed by atoms with Crippen molar-refractivity contribution in [3.8, 4) is 5.75 Å². The van der Waals surface area contributed by atoms with Crippen LogP contribution in [0.25, 0.3) is 0 Å². The van der Waals surface area contributed by atoms with Gasteiger partial charge in [0.05, 0.1) is 6.04 Å². The van der Waals surface area contributed by atoms with Gasteiger partial charge < -0.3 is 20.8 Å². The lowest BCUT2D eigenvalue weighted by Crippen LogP contribution is -2.45. The molecule has 5 heteroatoms. The predicted molar refractivity (Wildman–Crippen MR) is 73.7 cm³/mol. The standard InChI is InChI=1S/C14H22N2O3/c1-2-16(8-3-9-17)14(19)13(15)10-11-4-6-12(18)7-5-11/h4-7,13,17-18H,2-3,8-10,15H2,1H3. The van der Waals surface area contributed by atoms with E-state index in [0.29, 0.717) is 25.9 Å². The van der Waals surface area contributed by atoms with Crippen LogP contribution in [-0.4, -0.2) is 46.8 Å². The Balaban J connectivity index is 2.57. The van der Waals surface area contributed by atoms with E-state index < -0.39 is 6.04 Å². The fourth-order valence-corrected chi connectivity index (χ4v) is 1.89. The molecule has 106 valence electrons. The first-order valence-electron chi connectivity index (χ1n) is 6.51. The van der Waals surface area contributed by atoms with Crippen LogP contribution >= 0.6 is 0 Å². The topological polar surface area (TPSA) is 86.8 Å². The quantitative estimate of drug-likeness (QED) is 0.670. The zero-order valence-electron chi connectivity index (χ0n) is 11.2. The summed E-state index contributed by atoms with van der Waals surface area (Å²) in [7, 11) is 0. The molecule has 1 unspecified atom stereocenters. The summed E-state index contributed by atoms with van der Waals surface area (Å²) in [6.45, 7) is 3.07. The van der Waals surface area contributed by atoms with E-state index >= 15 is 0 Å². The molecular formula is C14H22N2O3. The first kappa shape index (κ1) is 15.5. The molecule has 1 rings (SSSR count). The van der Waals surface area contributed by atoms with Gasteiger partial charge in [0, 0.05) is 19.7 Å². The molecule has 1 aromatic rings. The van der Waals surface area contributed by atoms with Crippen LogP contribution in [0.3, 0.4) is 0 Å². The molecule has 0 heterocycles. The molecule has 0 aliphatic rings. The number of hydrogen-bond acceptors (Lipinski definition) is 4. The van der Waals surface area contributed by atoms with Crippen molar-refractivity contribution in [3.05, 3.63) is 29.8 Å². The first-order valence-corrected chi connectivity index (χ1v) is 6.51. The fraction of sp³-hybridized carbons (Fsp3) is 0.500. The zero-order chi connectivity index (χ0) is 14.3. The Morgan fingerprint density at radius 3 is 2.53 bits per heavy atom. The largest absolute Gasteiger partial charge is 0.508 e. The van der Waals surface area contributed by atoms with Gasteiger partial charge in [-0.25, -0.2) is 0 Å². The summed E-state index contributed by atoms with van der Waals surface area (Å²) < 4.78 is 0. The van der Waals surface area contributed by atoms with Crippen molar-refractivity contribution in [2.45, 2.75) is 25.8 Å². The molecule has 1 atom stereocenters. The number of aromatic hydroxyl groups is 1. The first-order chi connectivity index (χ1) is 9.08. The summed E-state index contributed by atoms with van der Waals surface area (Å²) in [5, 5.41) is 18.0. The van der Waals surface area contributed by atoms with E-state index in [4.69, 9.17) is 10.8 Å². The normalized spacial score (nSPS) is 12.2. The summed E-state index contributed by atoms with van der Waals surface area (Å²) in [5.41, 5.74) is 6.83. The predicted octanol–water partition coefficient (Wildman–Crippen LogP) is 0.493. The summed E-state index contributed by atoms with van der Waals surface area (Å²) in [6.07, 6.45) is 1.00. The van der Waals surface area contributed by atoms with Crippen LogP contribution in [0.2, 0.25) is 0 Å². The van der Waals surface area contributed by atoms with Crippen LogP contribution < -0.4 is 5.73 Å². The molecule has 4 N–H and O–H groups in total. The summed E-state index contributed by atoms with van der Waals surface area (Å²) in [4.78, 5) is 13.8. The Labute approximate surface area is 113 Å². The number of likely N-dealkylation sites (N-methyl/N-ethyl adjacent to an activating group) is 1. The maximum Gasteiger partial charge on any atom is 0.239 e. The number of carbonyl (C=O) groups is 1. The van der Waals surface area contributed by atoms with Crippen LogP contribution in [0.5, 0.6) is 5.75 Å². The van der Waals surface area contributed by atoms with E-state index in [1.54, 1.807) is 29.2 Å². The summed E-state index contributed by atoms with van der Waals surface area (Å²) >= 11 is 0. The molecule has 0 saturated carbocycles. The lowest BCUT2D eigenvalue weighted by molar-refractivity contribution is -0.132. The monoisotopic (exact) mass is 266 g/mol. The van der Waals surface area contributed by atoms with Gasteiger partial charge >= 0.3 is 0 Å². The number of rotatable bonds is 7. The minimum atomic E-state index is -0.594. The molecule has 0 saturated heterocycles. The van der Waals surface area contributed by atoms with E-state index in [1.807, 2.05) is 6.92 Å². The van der Waals surface area contributed by atoms with Crippen molar-refractivity contribution in [3.63, 3.8) is 0 Å². The van der Waals surface area contributed by atoms with Gasteiger partial charge in [0.1, 0.15) is 5.75 Å². The van der Waals surface area contributed by atoms with Crippen molar-refractivity contribution in [2.75, 3.05) is 19.7 Å². The Kier molecular flexibility index (Phi) is 6.32. The number of nitrogens with two attached hydrogens (primary N) is 1. The molecule has 19 heavy (non-hydrogen) atoms. The minimum Gasteiger partial charge on any atom is -0.508 e. The number of carbonyl (C=O) groups excluding carboxylic acids is 1. The van der Waals surface area contributed by atoms with Gasteiger partial charge in [-0.15, -0.1) is 0 Å². The zero-order valence-corrected chi connectivity index (χ0v) is 11.2. The van der Waals surface area contributed by atoms with Crippen molar-refractivity contribution < 1.29 is 15.0 Å². The van der Waals surface area contributed by atoms with Crippen LogP contribution in [0, 0.1) is 0 Å². The highest BCUT2D eigenvalue weighted by Crippen LogP contribution is 2.11. The highest BCUT2D eigenvalue weighted by molar-refractivity contribution is 5.82. The molecule has 0 aromatic heterocycles. The second-order valence-corrected chi connectivity index (χ2v) is 4.47. The lowest BCUT2D eigenvalue weighted by Gasteiger charge is -2.24. The SMILES string of the molecule is CCN(CCCO)C(=O)C(N)Cc1ccc(O)cc1. The van der Waals surface area contributed by atoms with Crippen LogP contribution in [0.4, 0.5) is 0 Å². The molecule has 5 nitrogen and oxygen atoms in total. The minimum absolute atomic E-state index is 0.0664. The van der Waals surface area contributed by atoms with Crippen LogP contribution in [-0.2, 0) is 11.2 Å². The van der Waals surface area contributed by atoms with E-state index in [2.05, 4.69) is 0 Å². The summed E-state index contributed by atoms with van der Waals surface area (Å²) in [6, 6.07) is 6.08. The van der Waals surface area contributed by atoms with Gasteiger partial charge in [0.15, 0.2) is 0 Å². The van der Waals surface area contributed by atoms with Gasteiger partial charge in [-0.2, -0.15) is 0 Å². The molecule has 0 fully saturated rings. The third kappa shape index (κ3) is 4.89. The Morgan fingerprint density at radius 2 is 2.00 bits per heavy atom. The number of amides is 1. The Morgan fingerprint density at radius 1 is 1.37 bits per heavy atom. The van der Waals surface area contributed by atoms with Gasteiger partial charge in [-0.3, -0.25) is 4.79 Å². The number of nitrogens with zero attached hydrogens (tertiary/aromatic N) is 1. The fourth-order valence-electron chi connectivity index (χ4n) is 1.89. The van der Waals surface area contributed by atoms with Gasteiger partial charge in [-0.1, -0.05) is 12.1 Å². The van der Waals surface area contributed by atoms with Crippen molar-refractivity contribution in [1.82, 2.24) is 4.90 Å². The molecule has 1 amide bonds. The van der Waals surface area contributed by atoms with Crippen molar-refractivity contribution in [1.29, 1.82) is 0 Å². The number of aliphatic hydroxyl groups excluding tert-OH is 1. The smallest absolute Gasteiger partial charge is 0.239 e. The van der Waals surface area contributed by atoms with E-state index in [9.17, 15) is 9.90 Å². The Hall–Kier alpha value is -1.59.